The molecule has 1 heterocycles. The van der Waals surface area contributed by atoms with Crippen LogP contribution in [0.2, 0.25) is 5.02 Å². The molecule has 0 aliphatic rings. The van der Waals surface area contributed by atoms with Crippen LogP contribution in [0.15, 0.2) is 40.0 Å². The molecule has 0 fully saturated rings. The zero-order chi connectivity index (χ0) is 14.8. The van der Waals surface area contributed by atoms with E-state index in [1.165, 1.54) is 18.2 Å². The third kappa shape index (κ3) is 3.82. The number of rotatable bonds is 5. The minimum absolute atomic E-state index is 0.172. The molecule has 0 saturated carbocycles. The number of sulfonamides is 1. The number of aromatic nitrogens is 2. The second-order valence-corrected chi connectivity index (χ2v) is 7.28. The molecular weight excluding hydrogens is 366 g/mol. The van der Waals surface area contributed by atoms with E-state index >= 15 is 0 Å². The summed E-state index contributed by atoms with van der Waals surface area (Å²) in [7, 11) is -3.54. The van der Waals surface area contributed by atoms with Gasteiger partial charge in [0.25, 0.3) is 0 Å². The zero-order valence-corrected chi connectivity index (χ0v) is 13.8. The summed E-state index contributed by atoms with van der Waals surface area (Å²) in [4.78, 5) is 0.172. The molecule has 2 rings (SSSR count). The summed E-state index contributed by atoms with van der Waals surface area (Å²) in [6.07, 6.45) is 3.58. The van der Waals surface area contributed by atoms with E-state index in [2.05, 4.69) is 25.8 Å². The highest BCUT2D eigenvalue weighted by Gasteiger charge is 2.14. The largest absolute Gasteiger partial charge is 0.271 e. The van der Waals surface area contributed by atoms with Crippen LogP contribution >= 0.6 is 27.5 Å². The van der Waals surface area contributed by atoms with Gasteiger partial charge < -0.3 is 0 Å². The number of halogens is 2. The maximum absolute atomic E-state index is 12.1. The quantitative estimate of drug-likeness (QED) is 0.870. The van der Waals surface area contributed by atoms with Gasteiger partial charge in [-0.3, -0.25) is 4.68 Å². The molecule has 1 N–H and O–H groups in total. The Morgan fingerprint density at radius 2 is 2.20 bits per heavy atom. The van der Waals surface area contributed by atoms with E-state index in [9.17, 15) is 8.42 Å². The fourth-order valence-electron chi connectivity index (χ4n) is 1.61. The van der Waals surface area contributed by atoms with Crippen LogP contribution < -0.4 is 4.72 Å². The van der Waals surface area contributed by atoms with Gasteiger partial charge in [0.15, 0.2) is 0 Å². The van der Waals surface area contributed by atoms with E-state index in [0.29, 0.717) is 16.0 Å². The highest BCUT2D eigenvalue weighted by molar-refractivity contribution is 9.10. The number of nitrogens with zero attached hydrogens (tertiary/aromatic N) is 2. The van der Waals surface area contributed by atoms with E-state index in [0.717, 1.165) is 5.56 Å². The SMILES string of the molecule is Cc1cnn(CCNS(=O)(=O)c2ccc(Cl)c(Br)c2)c1. The topological polar surface area (TPSA) is 64.0 Å². The predicted octanol–water partition coefficient (Wildman–Crippen LogP) is 2.59. The Morgan fingerprint density at radius 3 is 2.80 bits per heavy atom. The first-order valence-electron chi connectivity index (χ1n) is 5.82. The van der Waals surface area contributed by atoms with E-state index in [-0.39, 0.29) is 11.4 Å². The maximum Gasteiger partial charge on any atom is 0.240 e. The van der Waals surface area contributed by atoms with Crippen LogP contribution in [-0.4, -0.2) is 24.7 Å². The summed E-state index contributed by atoms with van der Waals surface area (Å²) in [5.41, 5.74) is 1.04. The van der Waals surface area contributed by atoms with Gasteiger partial charge in [-0.1, -0.05) is 11.6 Å². The van der Waals surface area contributed by atoms with Crippen LogP contribution in [0.1, 0.15) is 5.56 Å². The smallest absolute Gasteiger partial charge is 0.240 e. The van der Waals surface area contributed by atoms with Crippen molar-refractivity contribution in [3.63, 3.8) is 0 Å². The fourth-order valence-corrected chi connectivity index (χ4v) is 3.31. The van der Waals surface area contributed by atoms with Gasteiger partial charge in [0, 0.05) is 17.2 Å². The lowest BCUT2D eigenvalue weighted by Crippen LogP contribution is -2.27. The highest BCUT2D eigenvalue weighted by Crippen LogP contribution is 2.25. The normalized spacial score (nSPS) is 11.8. The lowest BCUT2D eigenvalue weighted by molar-refractivity contribution is 0.561. The minimum Gasteiger partial charge on any atom is -0.271 e. The van der Waals surface area contributed by atoms with Crippen LogP contribution in [0.3, 0.4) is 0 Å². The van der Waals surface area contributed by atoms with Crippen LogP contribution in [0.4, 0.5) is 0 Å². The van der Waals surface area contributed by atoms with E-state index in [1.54, 1.807) is 10.9 Å². The van der Waals surface area contributed by atoms with Gasteiger partial charge in [0.2, 0.25) is 10.0 Å². The van der Waals surface area contributed by atoms with Gasteiger partial charge in [-0.05, 0) is 46.6 Å². The number of aryl methyl sites for hydroxylation is 1. The van der Waals surface area contributed by atoms with Crippen molar-refractivity contribution in [3.8, 4) is 0 Å². The molecular formula is C12H13BrClN3O2S. The molecule has 2 aromatic rings. The highest BCUT2D eigenvalue weighted by atomic mass is 79.9. The average molecular weight is 379 g/mol. The molecule has 0 unspecified atom stereocenters. The molecule has 1 aromatic heterocycles. The van der Waals surface area contributed by atoms with Crippen LogP contribution in [0.5, 0.6) is 0 Å². The summed E-state index contributed by atoms with van der Waals surface area (Å²) in [6.45, 7) is 2.67. The van der Waals surface area contributed by atoms with Crippen molar-refractivity contribution in [2.24, 2.45) is 0 Å². The molecule has 0 amide bonds. The Morgan fingerprint density at radius 1 is 1.45 bits per heavy atom. The zero-order valence-electron chi connectivity index (χ0n) is 10.7. The van der Waals surface area contributed by atoms with Crippen LogP contribution in [-0.2, 0) is 16.6 Å². The lowest BCUT2D eigenvalue weighted by Gasteiger charge is -2.08. The number of nitrogens with one attached hydrogen (secondary N) is 1. The number of hydrogen-bond acceptors (Lipinski definition) is 3. The van der Waals surface area contributed by atoms with E-state index in [4.69, 9.17) is 11.6 Å². The van der Waals surface area contributed by atoms with Crippen molar-refractivity contribution < 1.29 is 8.42 Å². The molecule has 0 spiro atoms. The maximum atomic E-state index is 12.1. The summed E-state index contributed by atoms with van der Waals surface area (Å²) in [5, 5.41) is 4.56. The van der Waals surface area contributed by atoms with Gasteiger partial charge in [0.05, 0.1) is 22.7 Å². The van der Waals surface area contributed by atoms with Crippen molar-refractivity contribution in [2.45, 2.75) is 18.4 Å². The average Bonchev–Trinajstić information content (AvgIpc) is 2.78. The van der Waals surface area contributed by atoms with E-state index in [1.807, 2.05) is 13.1 Å². The summed E-state index contributed by atoms with van der Waals surface area (Å²) in [6, 6.07) is 4.48. The van der Waals surface area contributed by atoms with Gasteiger partial charge in [-0.2, -0.15) is 5.10 Å². The Labute approximate surface area is 131 Å². The molecule has 0 atom stereocenters. The van der Waals surface area contributed by atoms with E-state index < -0.39 is 10.0 Å². The minimum atomic E-state index is -3.54. The van der Waals surface area contributed by atoms with Crippen molar-refractivity contribution in [2.75, 3.05) is 6.54 Å². The monoisotopic (exact) mass is 377 g/mol. The molecule has 0 aliphatic carbocycles. The molecule has 0 aliphatic heterocycles. The Hall–Kier alpha value is -0.890. The van der Waals surface area contributed by atoms with Crippen molar-refractivity contribution in [3.05, 3.63) is 45.7 Å². The molecule has 1 aromatic carbocycles. The first-order valence-corrected chi connectivity index (χ1v) is 8.48. The Balaban J connectivity index is 2.02. The molecule has 0 saturated heterocycles. The van der Waals surface area contributed by atoms with Crippen molar-refractivity contribution in [1.29, 1.82) is 0 Å². The van der Waals surface area contributed by atoms with Crippen molar-refractivity contribution in [1.82, 2.24) is 14.5 Å². The Kier molecular flexibility index (Phi) is 4.85. The summed E-state index contributed by atoms with van der Waals surface area (Å²) >= 11 is 9.05. The van der Waals surface area contributed by atoms with Gasteiger partial charge >= 0.3 is 0 Å². The first-order chi connectivity index (χ1) is 9.38. The fraction of sp³-hybridized carbons (Fsp3) is 0.250. The third-order valence-electron chi connectivity index (χ3n) is 2.60. The Bertz CT molecular complexity index is 715. The third-order valence-corrected chi connectivity index (χ3v) is 5.27. The standard InChI is InChI=1S/C12H13BrClN3O2S/c1-9-7-15-17(8-9)5-4-16-20(18,19)10-2-3-12(14)11(13)6-10/h2-3,6-8,16H,4-5H2,1H3. The van der Waals surface area contributed by atoms with Gasteiger partial charge in [-0.25, -0.2) is 13.1 Å². The van der Waals surface area contributed by atoms with Crippen molar-refractivity contribution >= 4 is 37.6 Å². The second kappa shape index (κ2) is 6.26. The predicted molar refractivity (Wildman–Crippen MR) is 81.3 cm³/mol. The van der Waals surface area contributed by atoms with Gasteiger partial charge in [0.1, 0.15) is 0 Å². The van der Waals surface area contributed by atoms with Crippen LogP contribution in [0, 0.1) is 6.92 Å². The van der Waals surface area contributed by atoms with Gasteiger partial charge in [-0.15, -0.1) is 0 Å². The molecule has 20 heavy (non-hydrogen) atoms. The summed E-state index contributed by atoms with van der Waals surface area (Å²) in [5.74, 6) is 0. The molecule has 108 valence electrons. The molecule has 0 bridgehead atoms. The first kappa shape index (κ1) is 15.5. The molecule has 8 heteroatoms. The molecule has 5 nitrogen and oxygen atoms in total. The number of benzene rings is 1. The summed E-state index contributed by atoms with van der Waals surface area (Å²) < 4.78 is 28.9. The lowest BCUT2D eigenvalue weighted by atomic mass is 10.4. The second-order valence-electron chi connectivity index (χ2n) is 4.25. The van der Waals surface area contributed by atoms with Crippen LogP contribution in [0.25, 0.3) is 0 Å². The number of hydrogen-bond donors (Lipinski definition) is 1. The molecule has 0 radical (unpaired) electrons.